The molecule has 0 aromatic heterocycles. The number of nitrogens with one attached hydrogen (secondary N) is 1. The maximum Gasteiger partial charge on any atom is 0.174 e. The molecular weight excluding hydrogens is 270 g/mol. The normalized spacial score (nSPS) is 42.4. The third-order valence-electron chi connectivity index (χ3n) is 6.08. The summed E-state index contributed by atoms with van der Waals surface area (Å²) in [5.41, 5.74) is 0.332. The number of phenolic OH excluding ortho intramolecular Hbond substituents is 1. The SMILES string of the molecule is O=C1CCC2(O)C3Cc4ccc(O)c5c4[C@@]2(CCN3)[C@H]1O5. The predicted molar refractivity (Wildman–Crippen MR) is 73.5 cm³/mol. The van der Waals surface area contributed by atoms with Crippen LogP contribution in [0.2, 0.25) is 0 Å². The summed E-state index contributed by atoms with van der Waals surface area (Å²) < 4.78 is 5.90. The van der Waals surface area contributed by atoms with Gasteiger partial charge in [0.1, 0.15) is 0 Å². The first kappa shape index (κ1) is 12.0. The highest BCUT2D eigenvalue weighted by molar-refractivity contribution is 5.90. The Bertz CT molecular complexity index is 687. The van der Waals surface area contributed by atoms with Crippen molar-refractivity contribution >= 4 is 5.78 Å². The zero-order valence-electron chi connectivity index (χ0n) is 11.6. The van der Waals surface area contributed by atoms with Crippen molar-refractivity contribution in [1.82, 2.24) is 5.32 Å². The van der Waals surface area contributed by atoms with Crippen LogP contribution in [-0.4, -0.2) is 40.3 Å². The van der Waals surface area contributed by atoms with Crippen molar-refractivity contribution in [2.75, 3.05) is 6.54 Å². The van der Waals surface area contributed by atoms with E-state index in [2.05, 4.69) is 5.32 Å². The lowest BCUT2D eigenvalue weighted by atomic mass is 9.49. The maximum atomic E-state index is 12.4. The Kier molecular flexibility index (Phi) is 1.95. The topological polar surface area (TPSA) is 78.8 Å². The molecule has 4 atom stereocenters. The third-order valence-corrected chi connectivity index (χ3v) is 6.08. The van der Waals surface area contributed by atoms with Gasteiger partial charge in [-0.05, 0) is 37.4 Å². The monoisotopic (exact) mass is 287 g/mol. The molecule has 0 amide bonds. The van der Waals surface area contributed by atoms with E-state index in [4.69, 9.17) is 4.74 Å². The molecule has 0 radical (unpaired) electrons. The number of aromatic hydroxyl groups is 1. The number of carbonyl (C=O) groups is 1. The van der Waals surface area contributed by atoms with Crippen molar-refractivity contribution in [3.8, 4) is 11.5 Å². The zero-order valence-corrected chi connectivity index (χ0v) is 11.6. The summed E-state index contributed by atoms with van der Waals surface area (Å²) in [5, 5.41) is 25.0. The van der Waals surface area contributed by atoms with Gasteiger partial charge in [0.05, 0.1) is 11.0 Å². The van der Waals surface area contributed by atoms with E-state index in [0.29, 0.717) is 31.4 Å². The molecule has 4 aliphatic rings. The Hall–Kier alpha value is -1.59. The molecule has 3 N–H and O–H groups in total. The molecule has 110 valence electrons. The fraction of sp³-hybridized carbons (Fsp3) is 0.562. The summed E-state index contributed by atoms with van der Waals surface area (Å²) in [6.07, 6.45) is 1.54. The van der Waals surface area contributed by atoms with Crippen LogP contribution < -0.4 is 10.1 Å². The van der Waals surface area contributed by atoms with Crippen LogP contribution in [0.1, 0.15) is 30.4 Å². The molecule has 2 unspecified atom stereocenters. The van der Waals surface area contributed by atoms with Gasteiger partial charge < -0.3 is 20.3 Å². The van der Waals surface area contributed by atoms with Gasteiger partial charge in [-0.25, -0.2) is 0 Å². The highest BCUT2D eigenvalue weighted by atomic mass is 16.5. The fourth-order valence-electron chi connectivity index (χ4n) is 5.22. The van der Waals surface area contributed by atoms with Crippen LogP contribution in [0.25, 0.3) is 0 Å². The number of benzene rings is 1. The molecule has 2 bridgehead atoms. The van der Waals surface area contributed by atoms with Gasteiger partial charge in [-0.1, -0.05) is 6.07 Å². The van der Waals surface area contributed by atoms with Crippen LogP contribution >= 0.6 is 0 Å². The first-order chi connectivity index (χ1) is 10.1. The highest BCUT2D eigenvalue weighted by Gasteiger charge is 2.71. The second kappa shape index (κ2) is 3.42. The molecule has 2 aliphatic carbocycles. The number of phenols is 1. The van der Waals surface area contributed by atoms with E-state index in [0.717, 1.165) is 17.7 Å². The number of hydrogen-bond donors (Lipinski definition) is 3. The van der Waals surface area contributed by atoms with Crippen LogP contribution in [-0.2, 0) is 16.6 Å². The number of ketones is 1. The van der Waals surface area contributed by atoms with Crippen LogP contribution in [0.3, 0.4) is 0 Å². The molecule has 2 aliphatic heterocycles. The molecule has 1 saturated heterocycles. The average molecular weight is 287 g/mol. The summed E-state index contributed by atoms with van der Waals surface area (Å²) in [6.45, 7) is 0.759. The minimum atomic E-state index is -0.962. The molecule has 2 fully saturated rings. The summed E-state index contributed by atoms with van der Waals surface area (Å²) in [6, 6.07) is 3.49. The van der Waals surface area contributed by atoms with Crippen LogP contribution in [0.15, 0.2) is 12.1 Å². The third kappa shape index (κ3) is 1.09. The van der Waals surface area contributed by atoms with E-state index in [1.165, 1.54) is 0 Å². The fourth-order valence-corrected chi connectivity index (χ4v) is 5.22. The van der Waals surface area contributed by atoms with Crippen molar-refractivity contribution in [3.05, 3.63) is 23.3 Å². The maximum absolute atomic E-state index is 12.4. The largest absolute Gasteiger partial charge is 0.504 e. The van der Waals surface area contributed by atoms with E-state index in [9.17, 15) is 15.0 Å². The second-order valence-electron chi connectivity index (χ2n) is 6.77. The van der Waals surface area contributed by atoms with E-state index >= 15 is 0 Å². The van der Waals surface area contributed by atoms with Gasteiger partial charge in [0.2, 0.25) is 0 Å². The highest BCUT2D eigenvalue weighted by Crippen LogP contribution is 2.63. The number of carbonyl (C=O) groups excluding carboxylic acids is 1. The van der Waals surface area contributed by atoms with Gasteiger partial charge in [0.15, 0.2) is 23.4 Å². The second-order valence-corrected chi connectivity index (χ2v) is 6.77. The van der Waals surface area contributed by atoms with E-state index in [1.807, 2.05) is 6.07 Å². The van der Waals surface area contributed by atoms with Crippen molar-refractivity contribution in [1.29, 1.82) is 0 Å². The summed E-state index contributed by atoms with van der Waals surface area (Å²) in [4.78, 5) is 12.4. The molecule has 5 rings (SSSR count). The Balaban J connectivity index is 1.89. The van der Waals surface area contributed by atoms with Gasteiger partial charge in [0.25, 0.3) is 0 Å². The quantitative estimate of drug-likeness (QED) is 0.644. The molecule has 2 heterocycles. The van der Waals surface area contributed by atoms with E-state index in [-0.39, 0.29) is 17.6 Å². The van der Waals surface area contributed by atoms with Gasteiger partial charge in [-0.15, -0.1) is 0 Å². The van der Waals surface area contributed by atoms with Gasteiger partial charge >= 0.3 is 0 Å². The molecule has 1 saturated carbocycles. The van der Waals surface area contributed by atoms with Gasteiger partial charge in [0, 0.05) is 18.0 Å². The number of ether oxygens (including phenoxy) is 1. The first-order valence-electron chi connectivity index (χ1n) is 7.58. The first-order valence-corrected chi connectivity index (χ1v) is 7.58. The van der Waals surface area contributed by atoms with E-state index in [1.54, 1.807) is 6.07 Å². The molecule has 21 heavy (non-hydrogen) atoms. The van der Waals surface area contributed by atoms with Crippen molar-refractivity contribution in [2.45, 2.75) is 48.8 Å². The summed E-state index contributed by atoms with van der Waals surface area (Å²) >= 11 is 0. The summed E-state index contributed by atoms with van der Waals surface area (Å²) in [7, 11) is 0. The van der Waals surface area contributed by atoms with Crippen LogP contribution in [0.5, 0.6) is 11.5 Å². The molecule has 5 heteroatoms. The van der Waals surface area contributed by atoms with Crippen molar-refractivity contribution in [2.24, 2.45) is 0 Å². The molecular formula is C16H17NO4. The molecule has 1 aromatic carbocycles. The van der Waals surface area contributed by atoms with Crippen LogP contribution in [0.4, 0.5) is 0 Å². The Morgan fingerprint density at radius 1 is 1.33 bits per heavy atom. The minimum absolute atomic E-state index is 0.0452. The Morgan fingerprint density at radius 3 is 3.05 bits per heavy atom. The number of hydrogen-bond acceptors (Lipinski definition) is 5. The van der Waals surface area contributed by atoms with Gasteiger partial charge in [-0.3, -0.25) is 4.79 Å². The average Bonchev–Trinajstić information content (AvgIpc) is 2.80. The van der Waals surface area contributed by atoms with Crippen LogP contribution in [0, 0.1) is 0 Å². The molecule has 5 nitrogen and oxygen atoms in total. The smallest absolute Gasteiger partial charge is 0.174 e. The standard InChI is InChI=1S/C16H17NO4/c18-9-2-1-8-7-11-16(20)4-3-10(19)14-15(16,5-6-17-11)12(8)13(9)21-14/h1-2,11,14,17-18,20H,3-7H2/t11?,14-,15-,16?/m0/s1. The van der Waals surface area contributed by atoms with Crippen molar-refractivity contribution < 1.29 is 19.7 Å². The zero-order chi connectivity index (χ0) is 14.4. The Morgan fingerprint density at radius 2 is 2.19 bits per heavy atom. The number of rotatable bonds is 0. The summed E-state index contributed by atoms with van der Waals surface area (Å²) in [5.74, 6) is 0.542. The predicted octanol–water partition coefficient (Wildman–Crippen LogP) is 0.403. The van der Waals surface area contributed by atoms with Crippen molar-refractivity contribution in [3.63, 3.8) is 0 Å². The lowest BCUT2D eigenvalue weighted by Crippen LogP contribution is -2.76. The number of Topliss-reactive ketones (excluding diaryl/α,β-unsaturated/α-hetero) is 1. The van der Waals surface area contributed by atoms with E-state index < -0.39 is 17.1 Å². The lowest BCUT2D eigenvalue weighted by molar-refractivity contribution is -0.166. The number of aliphatic hydroxyl groups is 1. The van der Waals surface area contributed by atoms with Gasteiger partial charge in [-0.2, -0.15) is 0 Å². The molecule has 1 spiro atoms. The lowest BCUT2D eigenvalue weighted by Gasteiger charge is -2.59. The minimum Gasteiger partial charge on any atom is -0.504 e. The Labute approximate surface area is 121 Å². The number of piperidine rings is 1. The molecule has 1 aromatic rings.